The van der Waals surface area contributed by atoms with Crippen molar-refractivity contribution in [2.75, 3.05) is 17.7 Å². The van der Waals surface area contributed by atoms with Crippen LogP contribution in [0.5, 0.6) is 0 Å². The van der Waals surface area contributed by atoms with Gasteiger partial charge in [-0.25, -0.2) is 23.7 Å². The molecule has 2 aliphatic heterocycles. The lowest BCUT2D eigenvalue weighted by Crippen LogP contribution is -2.34. The molecule has 6 unspecified atom stereocenters. The molecule has 5 rings (SSSR count). The number of phosphoric ester groups is 1. The fourth-order valence-corrected chi connectivity index (χ4v) is 7.68. The number of thiazole rings is 1. The SMILES string of the molecule is Nc1nc2c(ncn2C2OC(COP(=O)(O)OP(=O)(O)OP(=O)(O)O)C3O[C@@H](C(=O)Nc4nccs4)OC32)c(=S)[nH]1. The van der Waals surface area contributed by atoms with Crippen LogP contribution in [0, 0.1) is 4.64 Å². The molecule has 5 heterocycles. The van der Waals surface area contributed by atoms with Gasteiger partial charge in [0.05, 0.1) is 12.9 Å². The first-order valence-corrected chi connectivity index (χ1v) is 16.6. The maximum Gasteiger partial charge on any atom is 0.490 e. The van der Waals surface area contributed by atoms with Gasteiger partial charge >= 0.3 is 23.5 Å². The van der Waals surface area contributed by atoms with E-state index in [-0.39, 0.29) is 26.9 Å². The maximum absolute atomic E-state index is 12.8. The van der Waals surface area contributed by atoms with Gasteiger partial charge in [-0.05, 0) is 0 Å². The number of nitrogens with one attached hydrogen (secondary N) is 2. The molecule has 1 amide bonds. The van der Waals surface area contributed by atoms with Gasteiger partial charge in [0.15, 0.2) is 17.0 Å². The number of carbonyl (C=O) groups excluding carboxylic acids is 1. The second-order valence-corrected chi connectivity index (χ2v) is 13.8. The van der Waals surface area contributed by atoms with Crippen LogP contribution in [0.2, 0.25) is 0 Å². The van der Waals surface area contributed by atoms with Crippen LogP contribution in [-0.2, 0) is 45.8 Å². The number of aromatic amines is 1. The summed E-state index contributed by atoms with van der Waals surface area (Å²) in [7, 11) is -16.9. The minimum atomic E-state index is -5.76. The molecule has 0 radical (unpaired) electrons. The second kappa shape index (κ2) is 11.2. The Bertz CT molecular complexity index is 1660. The Labute approximate surface area is 236 Å². The smallest absolute Gasteiger partial charge is 0.369 e. The second-order valence-electron chi connectivity index (χ2n) is 8.09. The monoisotopic (exact) mass is 677 g/mol. The minimum absolute atomic E-state index is 0.0488. The average molecular weight is 677 g/mol. The number of nitrogens with two attached hydrogens (primary N) is 1. The summed E-state index contributed by atoms with van der Waals surface area (Å²) < 4.78 is 65.9. The van der Waals surface area contributed by atoms with Crippen molar-refractivity contribution >= 4 is 75.2 Å². The molecular formula is C15H18N7O14P3S2. The summed E-state index contributed by atoms with van der Waals surface area (Å²) in [6, 6.07) is 0. The number of ether oxygens (including phenoxy) is 3. The van der Waals surface area contributed by atoms with Gasteiger partial charge in [-0.3, -0.25) is 19.2 Å². The van der Waals surface area contributed by atoms with E-state index < -0.39 is 66.8 Å². The van der Waals surface area contributed by atoms with Crippen LogP contribution < -0.4 is 11.1 Å². The number of phosphoric acid groups is 3. The standard InChI is InChI=1S/C15H18N7O14P3S2/c16-14-19-9-6(11(40)21-14)18-4-22(9)12-8-7(33-13(34-8)10(23)20-15-17-1-2-41-15)5(32-12)3-31-38(27,28)36-39(29,30)35-37(24,25)26/h1-2,4-5,7-8,12-13H,3H2,(H,27,28)(H,29,30)(H,17,20,23)(H2,24,25,26)(H3,16,19,21,40)/t5?,7?,8?,12?,13-/m1/s1. The number of nitrogen functional groups attached to an aromatic ring is 1. The molecule has 0 spiro atoms. The van der Waals surface area contributed by atoms with E-state index in [0.29, 0.717) is 0 Å². The fourth-order valence-electron chi connectivity index (χ4n) is 3.87. The van der Waals surface area contributed by atoms with Crippen LogP contribution in [0.3, 0.4) is 0 Å². The number of hydrogen-bond donors (Lipinski definition) is 7. The van der Waals surface area contributed by atoms with Gasteiger partial charge in [0.2, 0.25) is 12.2 Å². The molecule has 26 heteroatoms. The lowest BCUT2D eigenvalue weighted by Gasteiger charge is -2.22. The highest BCUT2D eigenvalue weighted by atomic mass is 32.1. The molecule has 0 aromatic carbocycles. The van der Waals surface area contributed by atoms with Crippen molar-refractivity contribution in [3.63, 3.8) is 0 Å². The van der Waals surface area contributed by atoms with Crippen LogP contribution in [0.1, 0.15) is 6.23 Å². The Morgan fingerprint density at radius 2 is 1.88 bits per heavy atom. The lowest BCUT2D eigenvalue weighted by atomic mass is 10.1. The number of nitrogens with zero attached hydrogens (tertiary/aromatic N) is 4. The highest BCUT2D eigenvalue weighted by molar-refractivity contribution is 7.71. The van der Waals surface area contributed by atoms with Gasteiger partial charge in [0.25, 0.3) is 5.91 Å². The van der Waals surface area contributed by atoms with Crippen molar-refractivity contribution in [2.24, 2.45) is 0 Å². The number of hydrogen-bond acceptors (Lipinski definition) is 16. The van der Waals surface area contributed by atoms with Gasteiger partial charge < -0.3 is 44.5 Å². The highest BCUT2D eigenvalue weighted by Gasteiger charge is 2.56. The third-order valence-corrected chi connectivity index (χ3v) is 10.1. The Balaban J connectivity index is 1.38. The normalized spacial score (nSPS) is 27.4. The number of fused-ring (bicyclic) bond motifs is 2. The predicted octanol–water partition coefficient (Wildman–Crippen LogP) is 0.517. The van der Waals surface area contributed by atoms with E-state index in [1.54, 1.807) is 5.38 Å². The van der Waals surface area contributed by atoms with Gasteiger partial charge in [-0.15, -0.1) is 11.3 Å². The van der Waals surface area contributed by atoms with E-state index in [0.717, 1.165) is 11.3 Å². The molecule has 21 nitrogen and oxygen atoms in total. The van der Waals surface area contributed by atoms with Crippen LogP contribution >= 0.6 is 47.0 Å². The van der Waals surface area contributed by atoms with Crippen molar-refractivity contribution in [1.29, 1.82) is 0 Å². The van der Waals surface area contributed by atoms with Crippen LogP contribution in [-0.4, -0.2) is 81.2 Å². The summed E-state index contributed by atoms with van der Waals surface area (Å²) in [5, 5.41) is 4.38. The van der Waals surface area contributed by atoms with E-state index in [4.69, 9.17) is 46.5 Å². The Hall–Kier alpha value is -2.04. The molecule has 41 heavy (non-hydrogen) atoms. The summed E-state index contributed by atoms with van der Waals surface area (Å²) >= 11 is 6.34. The van der Waals surface area contributed by atoms with Gasteiger partial charge in [-0.2, -0.15) is 13.6 Å². The van der Waals surface area contributed by atoms with Crippen molar-refractivity contribution in [3.8, 4) is 0 Å². The van der Waals surface area contributed by atoms with E-state index >= 15 is 0 Å². The molecule has 3 aromatic rings. The van der Waals surface area contributed by atoms with E-state index in [9.17, 15) is 28.3 Å². The molecule has 2 aliphatic rings. The summed E-state index contributed by atoms with van der Waals surface area (Å²) in [6.07, 6.45) is -3.46. The topological polar surface area (TPSA) is 302 Å². The summed E-state index contributed by atoms with van der Waals surface area (Å²) in [5.41, 5.74) is 6.17. The van der Waals surface area contributed by atoms with Crippen LogP contribution in [0.15, 0.2) is 17.9 Å². The molecule has 0 aliphatic carbocycles. The van der Waals surface area contributed by atoms with Crippen LogP contribution in [0.4, 0.5) is 11.1 Å². The Kier molecular flexibility index (Phi) is 8.33. The summed E-state index contributed by atoms with van der Waals surface area (Å²) in [4.78, 5) is 64.3. The zero-order valence-corrected chi connectivity index (χ0v) is 24.0. The molecule has 3 aromatic heterocycles. The number of anilines is 2. The quantitative estimate of drug-likeness (QED) is 0.114. The van der Waals surface area contributed by atoms with E-state index in [2.05, 4.69) is 33.9 Å². The zero-order chi connectivity index (χ0) is 29.7. The minimum Gasteiger partial charge on any atom is -0.369 e. The van der Waals surface area contributed by atoms with Crippen molar-refractivity contribution in [1.82, 2.24) is 24.5 Å². The van der Waals surface area contributed by atoms with E-state index in [1.807, 2.05) is 0 Å². The van der Waals surface area contributed by atoms with Gasteiger partial charge in [0.1, 0.15) is 28.5 Å². The van der Waals surface area contributed by atoms with Gasteiger partial charge in [-0.1, -0.05) is 12.2 Å². The molecule has 2 fully saturated rings. The molecular weight excluding hydrogens is 659 g/mol. The average Bonchev–Trinajstić information content (AvgIpc) is 3.59. The number of amides is 1. The largest absolute Gasteiger partial charge is 0.490 e. The molecule has 7 atom stereocenters. The van der Waals surface area contributed by atoms with Crippen molar-refractivity contribution in [2.45, 2.75) is 30.8 Å². The molecule has 0 saturated carbocycles. The first-order valence-electron chi connectivity index (χ1n) is 10.8. The maximum atomic E-state index is 12.8. The first kappa shape index (κ1) is 30.4. The third-order valence-electron chi connectivity index (χ3n) is 5.27. The van der Waals surface area contributed by atoms with Gasteiger partial charge in [0, 0.05) is 11.6 Å². The summed E-state index contributed by atoms with van der Waals surface area (Å²) in [6.45, 7) is -0.881. The molecule has 224 valence electrons. The number of imidazole rings is 1. The molecule has 0 bridgehead atoms. The highest BCUT2D eigenvalue weighted by Crippen LogP contribution is 2.66. The molecule has 2 saturated heterocycles. The Morgan fingerprint density at radius 1 is 1.15 bits per heavy atom. The van der Waals surface area contributed by atoms with Crippen molar-refractivity contribution in [3.05, 3.63) is 22.5 Å². The summed E-state index contributed by atoms with van der Waals surface area (Å²) in [5.74, 6) is -0.785. The number of carbonyl (C=O) groups is 1. The Morgan fingerprint density at radius 3 is 2.56 bits per heavy atom. The molecule has 8 N–H and O–H groups in total. The van der Waals surface area contributed by atoms with Crippen molar-refractivity contribution < 1.29 is 65.4 Å². The van der Waals surface area contributed by atoms with E-state index in [1.165, 1.54) is 17.1 Å². The first-order chi connectivity index (χ1) is 19.1. The predicted molar refractivity (Wildman–Crippen MR) is 135 cm³/mol. The number of aromatic nitrogens is 5. The number of H-pyrrole nitrogens is 1. The fraction of sp³-hybridized carbons (Fsp3) is 0.400. The third kappa shape index (κ3) is 6.96. The zero-order valence-electron chi connectivity index (χ0n) is 19.7. The van der Waals surface area contributed by atoms with Crippen LogP contribution in [0.25, 0.3) is 11.2 Å². The number of rotatable bonds is 10. The lowest BCUT2D eigenvalue weighted by molar-refractivity contribution is -0.166.